The van der Waals surface area contributed by atoms with Crippen LogP contribution in [0, 0.1) is 17.7 Å². The van der Waals surface area contributed by atoms with Gasteiger partial charge in [-0.05, 0) is 42.0 Å². The average Bonchev–Trinajstić information content (AvgIpc) is 2.89. The Kier molecular flexibility index (Phi) is 8.27. The lowest BCUT2D eigenvalue weighted by Crippen LogP contribution is -2.33. The fourth-order valence-corrected chi connectivity index (χ4v) is 3.60. The summed E-state index contributed by atoms with van der Waals surface area (Å²) in [5.74, 6) is 5.35. The van der Waals surface area contributed by atoms with Crippen molar-refractivity contribution < 1.29 is 23.4 Å². The van der Waals surface area contributed by atoms with Crippen molar-refractivity contribution in [2.45, 2.75) is 12.5 Å². The number of pyridine rings is 1. The summed E-state index contributed by atoms with van der Waals surface area (Å²) in [6.45, 7) is 5.65. The fourth-order valence-electron chi connectivity index (χ4n) is 3.39. The Labute approximate surface area is 208 Å². The number of nitrogens with zero attached hydrogens (tertiary/aromatic N) is 1. The van der Waals surface area contributed by atoms with Gasteiger partial charge in [-0.15, -0.1) is 0 Å². The molecular weight excluding hydrogens is 469 g/mol. The molecule has 0 saturated carbocycles. The van der Waals surface area contributed by atoms with Crippen molar-refractivity contribution >= 4 is 17.4 Å². The van der Waals surface area contributed by atoms with Crippen molar-refractivity contribution in [1.82, 2.24) is 4.98 Å². The van der Waals surface area contributed by atoms with E-state index >= 15 is 0 Å². The summed E-state index contributed by atoms with van der Waals surface area (Å²) in [6.07, 6.45) is 1.24. The lowest BCUT2D eigenvalue weighted by Gasteiger charge is -2.23. The molecule has 1 aliphatic rings. The molecule has 0 N–H and O–H groups in total. The van der Waals surface area contributed by atoms with Crippen LogP contribution in [0.3, 0.4) is 0 Å². The smallest absolute Gasteiger partial charge is 0.190 e. The molecule has 1 atom stereocenters. The fraction of sp³-hybridized carbons (Fsp3) is 0.214. The van der Waals surface area contributed by atoms with E-state index in [-0.39, 0.29) is 41.0 Å². The van der Waals surface area contributed by atoms with Crippen LogP contribution in [0.4, 0.5) is 4.39 Å². The summed E-state index contributed by atoms with van der Waals surface area (Å²) in [7, 11) is 0. The van der Waals surface area contributed by atoms with Gasteiger partial charge in [0.15, 0.2) is 5.78 Å². The van der Waals surface area contributed by atoms with Crippen molar-refractivity contribution in [3.8, 4) is 17.6 Å². The Bertz CT molecular complexity index is 1280. The van der Waals surface area contributed by atoms with Crippen LogP contribution in [-0.4, -0.2) is 43.3 Å². The minimum absolute atomic E-state index is 0.0638. The van der Waals surface area contributed by atoms with E-state index in [9.17, 15) is 9.18 Å². The predicted molar refractivity (Wildman–Crippen MR) is 131 cm³/mol. The summed E-state index contributed by atoms with van der Waals surface area (Å²) in [5, 5.41) is 0.251. The van der Waals surface area contributed by atoms with Gasteiger partial charge < -0.3 is 14.2 Å². The first-order valence-corrected chi connectivity index (χ1v) is 11.4. The molecule has 1 fully saturated rings. The van der Waals surface area contributed by atoms with Gasteiger partial charge in [-0.25, -0.2) is 4.39 Å². The quantitative estimate of drug-likeness (QED) is 0.263. The number of Topliss-reactive ketones (excluding diaryl/α,β-unsaturated/α-hetero) is 1. The van der Waals surface area contributed by atoms with Gasteiger partial charge in [-0.2, -0.15) is 0 Å². The van der Waals surface area contributed by atoms with E-state index in [0.29, 0.717) is 31.1 Å². The van der Waals surface area contributed by atoms with Gasteiger partial charge in [0.2, 0.25) is 0 Å². The number of hydrogen-bond donors (Lipinski definition) is 0. The Balaban J connectivity index is 1.41. The lowest BCUT2D eigenvalue weighted by molar-refractivity contribution is -0.101. The van der Waals surface area contributed by atoms with Crippen molar-refractivity contribution in [1.29, 1.82) is 0 Å². The number of aromatic nitrogens is 1. The standard InChI is InChI=1S/C28H23ClFNO4/c1-19(13-27-26(30)14-21(16-31-27)8-7-20-5-3-2-4-6-20)28(32)24-15-22(9-10-25(24)29)35-18-23-17-33-11-12-34-23/h2-6,9-10,14-16,23H,1,11-13,17-18H2/t23-/m1/s1. The van der Waals surface area contributed by atoms with Gasteiger partial charge in [0.1, 0.15) is 24.3 Å². The van der Waals surface area contributed by atoms with Gasteiger partial charge >= 0.3 is 0 Å². The zero-order chi connectivity index (χ0) is 24.6. The highest BCUT2D eigenvalue weighted by Crippen LogP contribution is 2.26. The van der Waals surface area contributed by atoms with E-state index < -0.39 is 11.6 Å². The normalized spacial score (nSPS) is 15.1. The molecule has 35 heavy (non-hydrogen) atoms. The number of carbonyl (C=O) groups excluding carboxylic acids is 1. The predicted octanol–water partition coefficient (Wildman–Crippen LogP) is 5.05. The van der Waals surface area contributed by atoms with Crippen LogP contribution in [0.2, 0.25) is 5.02 Å². The molecule has 4 rings (SSSR count). The summed E-state index contributed by atoms with van der Waals surface area (Å²) in [5.41, 5.74) is 1.74. The van der Waals surface area contributed by atoms with Crippen molar-refractivity contribution in [3.05, 3.63) is 106 Å². The van der Waals surface area contributed by atoms with Gasteiger partial charge in [0.05, 0.1) is 30.5 Å². The summed E-state index contributed by atoms with van der Waals surface area (Å²) < 4.78 is 31.3. The Hall–Kier alpha value is -3.50. The molecule has 0 radical (unpaired) electrons. The van der Waals surface area contributed by atoms with Crippen LogP contribution in [0.5, 0.6) is 5.75 Å². The van der Waals surface area contributed by atoms with E-state index in [1.165, 1.54) is 12.3 Å². The lowest BCUT2D eigenvalue weighted by atomic mass is 10.00. The monoisotopic (exact) mass is 491 g/mol. The van der Waals surface area contributed by atoms with Gasteiger partial charge in [-0.1, -0.05) is 48.2 Å². The maximum atomic E-state index is 14.7. The minimum Gasteiger partial charge on any atom is -0.491 e. The molecule has 178 valence electrons. The van der Waals surface area contributed by atoms with Gasteiger partial charge in [-0.3, -0.25) is 9.78 Å². The third kappa shape index (κ3) is 6.77. The second-order valence-electron chi connectivity index (χ2n) is 7.90. The Morgan fingerprint density at radius 2 is 1.94 bits per heavy atom. The number of ketones is 1. The van der Waals surface area contributed by atoms with Crippen LogP contribution in [0.15, 0.2) is 72.9 Å². The average molecular weight is 492 g/mol. The molecule has 0 unspecified atom stereocenters. The molecule has 0 spiro atoms. The summed E-state index contributed by atoms with van der Waals surface area (Å²) in [6, 6.07) is 15.5. The maximum Gasteiger partial charge on any atom is 0.190 e. The highest BCUT2D eigenvalue weighted by molar-refractivity contribution is 6.35. The van der Waals surface area contributed by atoms with Crippen molar-refractivity contribution in [3.63, 3.8) is 0 Å². The first kappa shape index (κ1) is 24.6. The Morgan fingerprint density at radius 1 is 1.14 bits per heavy atom. The second-order valence-corrected chi connectivity index (χ2v) is 8.31. The molecular formula is C28H23ClFNO4. The van der Waals surface area contributed by atoms with Crippen LogP contribution in [0.25, 0.3) is 0 Å². The molecule has 0 amide bonds. The molecule has 3 aromatic rings. The zero-order valence-electron chi connectivity index (χ0n) is 18.9. The molecule has 0 bridgehead atoms. The first-order valence-electron chi connectivity index (χ1n) is 11.1. The van der Waals surface area contributed by atoms with E-state index in [4.69, 9.17) is 25.8 Å². The molecule has 7 heteroatoms. The van der Waals surface area contributed by atoms with E-state index in [0.717, 1.165) is 5.56 Å². The number of halogens is 2. The van der Waals surface area contributed by atoms with Crippen molar-refractivity contribution in [2.24, 2.45) is 0 Å². The van der Waals surface area contributed by atoms with Crippen LogP contribution in [0.1, 0.15) is 27.2 Å². The highest BCUT2D eigenvalue weighted by Gasteiger charge is 2.19. The highest BCUT2D eigenvalue weighted by atomic mass is 35.5. The third-order valence-corrected chi connectivity index (χ3v) is 5.58. The summed E-state index contributed by atoms with van der Waals surface area (Å²) in [4.78, 5) is 17.2. The number of carbonyl (C=O) groups is 1. The topological polar surface area (TPSA) is 57.7 Å². The number of rotatable bonds is 7. The number of hydrogen-bond acceptors (Lipinski definition) is 5. The van der Waals surface area contributed by atoms with Crippen molar-refractivity contribution in [2.75, 3.05) is 26.4 Å². The van der Waals surface area contributed by atoms with Crippen LogP contribution < -0.4 is 4.74 Å². The van der Waals surface area contributed by atoms with E-state index in [1.54, 1.807) is 18.2 Å². The number of allylic oxidation sites excluding steroid dienone is 1. The second kappa shape index (κ2) is 11.8. The molecule has 5 nitrogen and oxygen atoms in total. The maximum absolute atomic E-state index is 14.7. The number of benzene rings is 2. The largest absolute Gasteiger partial charge is 0.491 e. The summed E-state index contributed by atoms with van der Waals surface area (Å²) >= 11 is 6.26. The minimum atomic E-state index is -0.559. The Morgan fingerprint density at radius 3 is 2.69 bits per heavy atom. The molecule has 1 aliphatic heterocycles. The third-order valence-electron chi connectivity index (χ3n) is 5.25. The van der Waals surface area contributed by atoms with Gasteiger partial charge in [0, 0.05) is 29.3 Å². The number of ether oxygens (including phenoxy) is 3. The SMILES string of the molecule is C=C(Cc1ncc(C#Cc2ccccc2)cc1F)C(=O)c1cc(OC[C@H]2COCCO2)ccc1Cl. The van der Waals surface area contributed by atoms with Crippen LogP contribution in [-0.2, 0) is 15.9 Å². The molecule has 2 heterocycles. The molecule has 1 aromatic heterocycles. The molecule has 1 saturated heterocycles. The zero-order valence-corrected chi connectivity index (χ0v) is 19.7. The molecule has 0 aliphatic carbocycles. The first-order chi connectivity index (χ1) is 17.0. The van der Waals surface area contributed by atoms with Gasteiger partial charge in [0.25, 0.3) is 0 Å². The van der Waals surface area contributed by atoms with E-state index in [2.05, 4.69) is 23.4 Å². The van der Waals surface area contributed by atoms with Crippen LogP contribution >= 0.6 is 11.6 Å². The molecule has 2 aromatic carbocycles. The van der Waals surface area contributed by atoms with E-state index in [1.807, 2.05) is 30.3 Å².